The molecule has 0 aromatic heterocycles. The Labute approximate surface area is 184 Å². The smallest absolute Gasteiger partial charge is 0.387 e. The zero-order valence-corrected chi connectivity index (χ0v) is 17.9. The lowest BCUT2D eigenvalue weighted by Gasteiger charge is -2.12. The number of benzene rings is 2. The lowest BCUT2D eigenvalue weighted by atomic mass is 10.2. The Balaban J connectivity index is 1.85. The van der Waals surface area contributed by atoms with E-state index in [9.17, 15) is 18.4 Å². The lowest BCUT2D eigenvalue weighted by Crippen LogP contribution is -2.32. The lowest BCUT2D eigenvalue weighted by molar-refractivity contribution is -0.115. The number of ether oxygens (including phenoxy) is 4. The molecule has 0 atom stereocenters. The highest BCUT2D eigenvalue weighted by Crippen LogP contribution is 2.29. The van der Waals surface area contributed by atoms with Crippen molar-refractivity contribution in [3.63, 3.8) is 0 Å². The summed E-state index contributed by atoms with van der Waals surface area (Å²) in [6.45, 7) is 0.594. The Morgan fingerprint density at radius 2 is 1.81 bits per heavy atom. The molecule has 0 aliphatic heterocycles. The highest BCUT2D eigenvalue weighted by atomic mass is 19.3. The van der Waals surface area contributed by atoms with Gasteiger partial charge in [-0.05, 0) is 42.8 Å². The number of amides is 2. The van der Waals surface area contributed by atoms with Crippen LogP contribution < -0.4 is 20.1 Å². The number of carbonyl (C=O) groups is 2. The van der Waals surface area contributed by atoms with Crippen molar-refractivity contribution in [3.8, 4) is 11.5 Å². The molecule has 0 radical (unpaired) electrons. The van der Waals surface area contributed by atoms with Crippen molar-refractivity contribution in [1.29, 1.82) is 0 Å². The van der Waals surface area contributed by atoms with Gasteiger partial charge in [-0.2, -0.15) is 8.78 Å². The summed E-state index contributed by atoms with van der Waals surface area (Å²) in [5, 5.41) is 5.16. The molecule has 0 heterocycles. The molecule has 10 heteroatoms. The van der Waals surface area contributed by atoms with Crippen LogP contribution in [0.2, 0.25) is 0 Å². The number of nitrogens with one attached hydrogen (secondary N) is 2. The average Bonchev–Trinajstić information content (AvgIpc) is 2.77. The maximum atomic E-state index is 12.4. The molecule has 2 aromatic carbocycles. The predicted octanol–water partition coefficient (Wildman–Crippen LogP) is 3.22. The Morgan fingerprint density at radius 1 is 1.03 bits per heavy atom. The zero-order valence-electron chi connectivity index (χ0n) is 17.9. The summed E-state index contributed by atoms with van der Waals surface area (Å²) in [6, 6.07) is 10.9. The van der Waals surface area contributed by atoms with Gasteiger partial charge in [0.15, 0.2) is 11.5 Å². The number of hydrogen-bond acceptors (Lipinski definition) is 6. The Morgan fingerprint density at radius 3 is 2.53 bits per heavy atom. The van der Waals surface area contributed by atoms with Crippen LogP contribution in [-0.4, -0.2) is 51.9 Å². The van der Waals surface area contributed by atoms with E-state index in [0.29, 0.717) is 32.1 Å². The van der Waals surface area contributed by atoms with Gasteiger partial charge >= 0.3 is 6.61 Å². The van der Waals surface area contributed by atoms with E-state index < -0.39 is 18.4 Å². The first-order valence-electron chi connectivity index (χ1n) is 9.88. The van der Waals surface area contributed by atoms with Crippen LogP contribution >= 0.6 is 0 Å². The standard InChI is InChI=1S/C22H26F2N2O6/c1-3-30-9-10-31-14-15-5-4-6-17(11-15)26-20(27)13-25-21(28)16-7-8-18(32-22(23)24)19(12-16)29-2/h4-8,11-12,22H,3,9-10,13-14H2,1-2H3,(H,25,28)(H,26,27). The Bertz CT molecular complexity index is 894. The molecule has 0 saturated heterocycles. The van der Waals surface area contributed by atoms with E-state index in [1.807, 2.05) is 13.0 Å². The number of methoxy groups -OCH3 is 1. The zero-order chi connectivity index (χ0) is 23.3. The van der Waals surface area contributed by atoms with Gasteiger partial charge in [0.1, 0.15) is 0 Å². The van der Waals surface area contributed by atoms with Gasteiger partial charge in [0, 0.05) is 17.9 Å². The highest BCUT2D eigenvalue weighted by Gasteiger charge is 2.15. The van der Waals surface area contributed by atoms with Crippen LogP contribution in [0.5, 0.6) is 11.5 Å². The maximum Gasteiger partial charge on any atom is 0.387 e. The molecule has 8 nitrogen and oxygen atoms in total. The maximum absolute atomic E-state index is 12.4. The summed E-state index contributed by atoms with van der Waals surface area (Å²) in [5.41, 5.74) is 1.56. The monoisotopic (exact) mass is 452 g/mol. The van der Waals surface area contributed by atoms with Gasteiger partial charge in [0.25, 0.3) is 5.91 Å². The Hall–Kier alpha value is -3.24. The summed E-state index contributed by atoms with van der Waals surface area (Å²) in [4.78, 5) is 24.5. The predicted molar refractivity (Wildman–Crippen MR) is 113 cm³/mol. The fourth-order valence-corrected chi connectivity index (χ4v) is 2.66. The van der Waals surface area contributed by atoms with Crippen molar-refractivity contribution >= 4 is 17.5 Å². The average molecular weight is 452 g/mol. The first-order chi connectivity index (χ1) is 15.4. The van der Waals surface area contributed by atoms with E-state index in [0.717, 1.165) is 5.56 Å². The summed E-state index contributed by atoms with van der Waals surface area (Å²) in [6.07, 6.45) is 0. The van der Waals surface area contributed by atoms with Crippen LogP contribution in [0, 0.1) is 0 Å². The molecule has 0 aliphatic carbocycles. The fraction of sp³-hybridized carbons (Fsp3) is 0.364. The van der Waals surface area contributed by atoms with Crippen molar-refractivity contribution < 1.29 is 37.3 Å². The molecular weight excluding hydrogens is 426 g/mol. The second kappa shape index (κ2) is 13.2. The van der Waals surface area contributed by atoms with Gasteiger partial charge in [0.05, 0.1) is 33.5 Å². The minimum Gasteiger partial charge on any atom is -0.493 e. The number of alkyl halides is 2. The summed E-state index contributed by atoms with van der Waals surface area (Å²) in [7, 11) is 1.26. The van der Waals surface area contributed by atoms with Crippen molar-refractivity contribution in [3.05, 3.63) is 53.6 Å². The normalized spacial score (nSPS) is 10.7. The second-order valence-corrected chi connectivity index (χ2v) is 6.42. The molecule has 2 rings (SSSR count). The molecule has 0 unspecified atom stereocenters. The molecule has 0 bridgehead atoms. The number of hydrogen-bond donors (Lipinski definition) is 2. The third-order valence-corrected chi connectivity index (χ3v) is 4.11. The molecule has 0 fully saturated rings. The first kappa shape index (κ1) is 25.0. The molecule has 32 heavy (non-hydrogen) atoms. The van der Waals surface area contributed by atoms with Gasteiger partial charge in [-0.1, -0.05) is 12.1 Å². The molecule has 0 spiro atoms. The van der Waals surface area contributed by atoms with Gasteiger partial charge in [0.2, 0.25) is 5.91 Å². The first-order valence-corrected chi connectivity index (χ1v) is 9.88. The van der Waals surface area contributed by atoms with Gasteiger partial charge in [-0.15, -0.1) is 0 Å². The number of rotatable bonds is 13. The Kier molecular flexibility index (Phi) is 10.3. The van der Waals surface area contributed by atoms with E-state index >= 15 is 0 Å². The van der Waals surface area contributed by atoms with E-state index in [2.05, 4.69) is 15.4 Å². The highest BCUT2D eigenvalue weighted by molar-refractivity contribution is 5.99. The third kappa shape index (κ3) is 8.48. The van der Waals surface area contributed by atoms with Crippen molar-refractivity contribution in [2.24, 2.45) is 0 Å². The van der Waals surface area contributed by atoms with Crippen LogP contribution in [0.15, 0.2) is 42.5 Å². The van der Waals surface area contributed by atoms with E-state index in [4.69, 9.17) is 14.2 Å². The minimum absolute atomic E-state index is 0.0253. The van der Waals surface area contributed by atoms with Gasteiger partial charge in [-0.3, -0.25) is 9.59 Å². The van der Waals surface area contributed by atoms with Crippen molar-refractivity contribution in [1.82, 2.24) is 5.32 Å². The molecule has 0 saturated carbocycles. The number of halogens is 2. The molecule has 2 aromatic rings. The van der Waals surface area contributed by atoms with E-state index in [1.54, 1.807) is 18.2 Å². The summed E-state index contributed by atoms with van der Waals surface area (Å²) in [5.74, 6) is -1.22. The van der Waals surface area contributed by atoms with E-state index in [-0.39, 0.29) is 23.6 Å². The number of anilines is 1. The summed E-state index contributed by atoms with van der Waals surface area (Å²) >= 11 is 0. The topological polar surface area (TPSA) is 95.1 Å². The second-order valence-electron chi connectivity index (χ2n) is 6.42. The summed E-state index contributed by atoms with van der Waals surface area (Å²) < 4.78 is 44.8. The SMILES string of the molecule is CCOCCOCc1cccc(NC(=O)CNC(=O)c2ccc(OC(F)F)c(OC)c2)c1. The quantitative estimate of drug-likeness (QED) is 0.453. The van der Waals surface area contributed by atoms with Crippen LogP contribution in [0.25, 0.3) is 0 Å². The molecule has 174 valence electrons. The minimum atomic E-state index is -3.02. The van der Waals surface area contributed by atoms with Crippen molar-refractivity contribution in [2.45, 2.75) is 20.1 Å². The van der Waals surface area contributed by atoms with Gasteiger partial charge in [-0.25, -0.2) is 0 Å². The fourth-order valence-electron chi connectivity index (χ4n) is 2.66. The van der Waals surface area contributed by atoms with Gasteiger partial charge < -0.3 is 29.6 Å². The van der Waals surface area contributed by atoms with Crippen LogP contribution in [0.4, 0.5) is 14.5 Å². The van der Waals surface area contributed by atoms with Crippen LogP contribution in [0.3, 0.4) is 0 Å². The number of carbonyl (C=O) groups excluding carboxylic acids is 2. The largest absolute Gasteiger partial charge is 0.493 e. The third-order valence-electron chi connectivity index (χ3n) is 4.11. The molecule has 2 N–H and O–H groups in total. The van der Waals surface area contributed by atoms with Crippen LogP contribution in [-0.2, 0) is 20.9 Å². The van der Waals surface area contributed by atoms with E-state index in [1.165, 1.54) is 25.3 Å². The van der Waals surface area contributed by atoms with Crippen molar-refractivity contribution in [2.75, 3.05) is 38.8 Å². The molecular formula is C22H26F2N2O6. The van der Waals surface area contributed by atoms with Crippen LogP contribution in [0.1, 0.15) is 22.8 Å². The molecule has 2 amide bonds. The molecule has 0 aliphatic rings.